The molecular weight excluding hydrogens is 194 g/mol. The third-order valence-corrected chi connectivity index (χ3v) is 1.31. The van der Waals surface area contributed by atoms with Crippen molar-refractivity contribution in [1.29, 1.82) is 0 Å². The summed E-state index contributed by atoms with van der Waals surface area (Å²) in [6, 6.07) is -0.594. The summed E-state index contributed by atoms with van der Waals surface area (Å²) in [5, 5.41) is 7.83. The molecule has 7 N–H and O–H groups in total. The standard InChI is InChI=1S/C3H8N2OS.C3H7NO2/c4-2(1-7)3(5)6;4-2-1-3(5)6/h2,7H,1,4H2,(H2,5,6);1-2,4H2,(H,5,6)/t2-;/m0./s1. The molecule has 0 saturated carbocycles. The molecule has 1 amide bonds. The van der Waals surface area contributed by atoms with Crippen molar-refractivity contribution < 1.29 is 14.7 Å². The smallest absolute Gasteiger partial charge is 0.304 e. The van der Waals surface area contributed by atoms with Gasteiger partial charge < -0.3 is 22.3 Å². The summed E-state index contributed by atoms with van der Waals surface area (Å²) in [5.41, 5.74) is 14.6. The molecule has 0 bridgehead atoms. The van der Waals surface area contributed by atoms with Crippen LogP contribution in [0.2, 0.25) is 0 Å². The molecule has 13 heavy (non-hydrogen) atoms. The molecule has 0 spiro atoms. The van der Waals surface area contributed by atoms with Crippen molar-refractivity contribution in [2.75, 3.05) is 12.3 Å². The number of hydrogen-bond donors (Lipinski definition) is 5. The third-order valence-electron chi connectivity index (χ3n) is 0.920. The highest BCUT2D eigenvalue weighted by Crippen LogP contribution is 1.78. The van der Waals surface area contributed by atoms with Crippen molar-refractivity contribution in [3.8, 4) is 0 Å². The molecule has 0 aliphatic carbocycles. The van der Waals surface area contributed by atoms with Crippen molar-refractivity contribution in [2.45, 2.75) is 12.5 Å². The maximum Gasteiger partial charge on any atom is 0.304 e. The molecule has 0 saturated heterocycles. The molecular formula is C6H15N3O3S. The van der Waals surface area contributed by atoms with Crippen LogP contribution in [0.5, 0.6) is 0 Å². The summed E-state index contributed by atoms with van der Waals surface area (Å²) in [6.07, 6.45) is 0.0694. The number of amides is 1. The Morgan fingerprint density at radius 2 is 1.92 bits per heavy atom. The molecule has 0 heterocycles. The van der Waals surface area contributed by atoms with E-state index < -0.39 is 17.9 Å². The molecule has 0 aliphatic heterocycles. The molecule has 0 aromatic rings. The van der Waals surface area contributed by atoms with Crippen molar-refractivity contribution in [2.24, 2.45) is 17.2 Å². The number of nitrogens with two attached hydrogens (primary N) is 3. The van der Waals surface area contributed by atoms with Gasteiger partial charge in [0.25, 0.3) is 0 Å². The minimum absolute atomic E-state index is 0.0694. The van der Waals surface area contributed by atoms with Crippen LogP contribution in [0.1, 0.15) is 6.42 Å². The molecule has 0 unspecified atom stereocenters. The maximum atomic E-state index is 9.98. The zero-order valence-electron chi connectivity index (χ0n) is 7.14. The lowest BCUT2D eigenvalue weighted by Crippen LogP contribution is -2.37. The van der Waals surface area contributed by atoms with E-state index in [-0.39, 0.29) is 13.0 Å². The Kier molecular flexibility index (Phi) is 10.5. The number of rotatable bonds is 4. The number of aliphatic carboxylic acids is 1. The lowest BCUT2D eigenvalue weighted by Gasteiger charge is -1.98. The Hall–Kier alpha value is -0.790. The average Bonchev–Trinajstić information content (AvgIpc) is 2.03. The first-order chi connectivity index (χ1) is 5.95. The number of primary amides is 1. The van der Waals surface area contributed by atoms with Crippen molar-refractivity contribution >= 4 is 24.5 Å². The van der Waals surface area contributed by atoms with Crippen LogP contribution in [0.15, 0.2) is 0 Å². The van der Waals surface area contributed by atoms with Crippen molar-refractivity contribution in [3.05, 3.63) is 0 Å². The number of hydrogen-bond acceptors (Lipinski definition) is 5. The number of carboxylic acids is 1. The summed E-state index contributed by atoms with van der Waals surface area (Å²) in [6.45, 7) is 0.231. The largest absolute Gasteiger partial charge is 0.481 e. The SMILES string of the molecule is NC(=O)[C@@H](N)CS.NCCC(=O)O. The number of thiol groups is 1. The Labute approximate surface area is 81.9 Å². The summed E-state index contributed by atoms with van der Waals surface area (Å²) in [5.74, 6) is -1.03. The molecule has 0 rings (SSSR count). The van der Waals surface area contributed by atoms with Gasteiger partial charge in [-0.05, 0) is 0 Å². The topological polar surface area (TPSA) is 132 Å². The first-order valence-electron chi connectivity index (χ1n) is 3.53. The Balaban J connectivity index is 0. The van der Waals surface area contributed by atoms with Crippen LogP contribution >= 0.6 is 12.6 Å². The fourth-order valence-electron chi connectivity index (χ4n) is 0.213. The minimum atomic E-state index is -0.836. The van der Waals surface area contributed by atoms with Gasteiger partial charge in [-0.15, -0.1) is 0 Å². The molecule has 0 aromatic heterocycles. The summed E-state index contributed by atoms with van der Waals surface area (Å²) < 4.78 is 0. The Morgan fingerprint density at radius 1 is 1.46 bits per heavy atom. The van der Waals surface area contributed by atoms with Crippen LogP contribution in [0, 0.1) is 0 Å². The highest BCUT2D eigenvalue weighted by Gasteiger charge is 2.03. The highest BCUT2D eigenvalue weighted by molar-refractivity contribution is 7.80. The normalized spacial score (nSPS) is 11.0. The highest BCUT2D eigenvalue weighted by atomic mass is 32.1. The summed E-state index contributed by atoms with van der Waals surface area (Å²) in [4.78, 5) is 19.5. The van der Waals surface area contributed by atoms with Crippen LogP contribution in [0.4, 0.5) is 0 Å². The Morgan fingerprint density at radius 3 is 1.92 bits per heavy atom. The zero-order chi connectivity index (χ0) is 10.9. The van der Waals surface area contributed by atoms with Crippen LogP contribution in [0.3, 0.4) is 0 Å². The summed E-state index contributed by atoms with van der Waals surface area (Å²) >= 11 is 3.73. The average molecular weight is 209 g/mol. The van der Waals surface area contributed by atoms with E-state index in [4.69, 9.17) is 22.3 Å². The van der Waals surface area contributed by atoms with E-state index in [2.05, 4.69) is 12.6 Å². The fourth-order valence-corrected chi connectivity index (χ4v) is 0.393. The van der Waals surface area contributed by atoms with Crippen LogP contribution in [-0.2, 0) is 9.59 Å². The second-order valence-corrected chi connectivity index (χ2v) is 2.49. The molecule has 7 heteroatoms. The maximum absolute atomic E-state index is 9.98. The quantitative estimate of drug-likeness (QED) is 0.347. The van der Waals surface area contributed by atoms with Gasteiger partial charge in [-0.25, -0.2) is 0 Å². The van der Waals surface area contributed by atoms with Gasteiger partial charge in [-0.2, -0.15) is 12.6 Å². The van der Waals surface area contributed by atoms with E-state index in [1.807, 2.05) is 0 Å². The van der Waals surface area contributed by atoms with Crippen LogP contribution < -0.4 is 17.2 Å². The Bertz CT molecular complexity index is 165. The molecule has 0 radical (unpaired) electrons. The minimum Gasteiger partial charge on any atom is -0.481 e. The van der Waals surface area contributed by atoms with Crippen molar-refractivity contribution in [1.82, 2.24) is 0 Å². The predicted octanol–water partition coefficient (Wildman–Crippen LogP) is -1.85. The second kappa shape index (κ2) is 9.30. The first-order valence-corrected chi connectivity index (χ1v) is 4.16. The predicted molar refractivity (Wildman–Crippen MR) is 52.3 cm³/mol. The number of carbonyl (C=O) groups excluding carboxylic acids is 1. The van der Waals surface area contributed by atoms with E-state index in [1.165, 1.54) is 0 Å². The van der Waals surface area contributed by atoms with Gasteiger partial charge in [0.15, 0.2) is 0 Å². The van der Waals surface area contributed by atoms with Crippen molar-refractivity contribution in [3.63, 3.8) is 0 Å². The van der Waals surface area contributed by atoms with Gasteiger partial charge in [0.05, 0.1) is 12.5 Å². The molecule has 0 fully saturated rings. The lowest BCUT2D eigenvalue weighted by atomic mass is 10.4. The number of carbonyl (C=O) groups is 2. The summed E-state index contributed by atoms with van der Waals surface area (Å²) in [7, 11) is 0. The van der Waals surface area contributed by atoms with Gasteiger partial charge in [-0.3, -0.25) is 9.59 Å². The third kappa shape index (κ3) is 14.1. The van der Waals surface area contributed by atoms with Gasteiger partial charge in [0.1, 0.15) is 0 Å². The van der Waals surface area contributed by atoms with Gasteiger partial charge in [-0.1, -0.05) is 0 Å². The zero-order valence-corrected chi connectivity index (χ0v) is 8.04. The number of carboxylic acid groups (broad SMARTS) is 1. The van der Waals surface area contributed by atoms with E-state index >= 15 is 0 Å². The van der Waals surface area contributed by atoms with E-state index in [0.717, 1.165) is 0 Å². The van der Waals surface area contributed by atoms with Crippen LogP contribution in [-0.4, -0.2) is 35.3 Å². The van der Waals surface area contributed by atoms with E-state index in [1.54, 1.807) is 0 Å². The van der Waals surface area contributed by atoms with Gasteiger partial charge >= 0.3 is 5.97 Å². The molecule has 1 atom stereocenters. The van der Waals surface area contributed by atoms with Gasteiger partial charge in [0, 0.05) is 12.3 Å². The van der Waals surface area contributed by atoms with E-state index in [0.29, 0.717) is 5.75 Å². The molecule has 0 aliphatic rings. The fraction of sp³-hybridized carbons (Fsp3) is 0.667. The molecule has 6 nitrogen and oxygen atoms in total. The lowest BCUT2D eigenvalue weighted by molar-refractivity contribution is -0.136. The second-order valence-electron chi connectivity index (χ2n) is 2.12. The van der Waals surface area contributed by atoms with Gasteiger partial charge in [0.2, 0.25) is 5.91 Å². The molecule has 0 aromatic carbocycles. The molecule has 78 valence electrons. The van der Waals surface area contributed by atoms with E-state index in [9.17, 15) is 9.59 Å². The monoisotopic (exact) mass is 209 g/mol. The first kappa shape index (κ1) is 14.7. The van der Waals surface area contributed by atoms with Crippen LogP contribution in [0.25, 0.3) is 0 Å².